The van der Waals surface area contributed by atoms with Crippen molar-refractivity contribution in [3.8, 4) is 0 Å². The van der Waals surface area contributed by atoms with Gasteiger partial charge in [-0.1, -0.05) is 0 Å². The normalized spacial score (nSPS) is 13.0. The Hall–Kier alpha value is -1.79. The summed E-state index contributed by atoms with van der Waals surface area (Å²) in [5.74, 6) is -1.21. The van der Waals surface area contributed by atoms with E-state index in [1.165, 1.54) is 25.9 Å². The van der Waals surface area contributed by atoms with Gasteiger partial charge in [-0.05, 0) is 25.1 Å². The third kappa shape index (κ3) is 3.84. The van der Waals surface area contributed by atoms with E-state index in [9.17, 15) is 22.4 Å². The Morgan fingerprint density at radius 2 is 1.89 bits per heavy atom. The van der Waals surface area contributed by atoms with Gasteiger partial charge in [0.1, 0.15) is 11.9 Å². The number of likely N-dealkylation sites (N-methyl/N-ethyl adjacent to an activating group) is 1. The molecule has 0 radical (unpaired) electrons. The van der Waals surface area contributed by atoms with Gasteiger partial charge in [-0.15, -0.1) is 0 Å². The SMILES string of the molecule is CC(Nc1cc(C(F)(F)F)ccc1F)C(=O)N(C)C. The Bertz CT molecular complexity index is 471. The van der Waals surface area contributed by atoms with Crippen molar-refractivity contribution >= 4 is 11.6 Å². The minimum atomic E-state index is -4.56. The molecular weight excluding hydrogens is 264 g/mol. The number of anilines is 1. The van der Waals surface area contributed by atoms with Crippen molar-refractivity contribution in [2.24, 2.45) is 0 Å². The van der Waals surface area contributed by atoms with Crippen molar-refractivity contribution in [2.75, 3.05) is 19.4 Å². The molecule has 0 heterocycles. The van der Waals surface area contributed by atoms with Gasteiger partial charge in [0.2, 0.25) is 5.91 Å². The van der Waals surface area contributed by atoms with Crippen LogP contribution in [0.3, 0.4) is 0 Å². The predicted octanol–water partition coefficient (Wildman–Crippen LogP) is 2.73. The first-order valence-electron chi connectivity index (χ1n) is 5.47. The first-order valence-corrected chi connectivity index (χ1v) is 5.47. The number of hydrogen-bond acceptors (Lipinski definition) is 2. The molecule has 0 saturated carbocycles. The molecule has 1 N–H and O–H groups in total. The summed E-state index contributed by atoms with van der Waals surface area (Å²) < 4.78 is 50.9. The Balaban J connectivity index is 2.98. The smallest absolute Gasteiger partial charge is 0.372 e. The van der Waals surface area contributed by atoms with E-state index in [2.05, 4.69) is 5.32 Å². The van der Waals surface area contributed by atoms with E-state index in [1.807, 2.05) is 0 Å². The molecule has 0 aliphatic rings. The van der Waals surface area contributed by atoms with Crippen LogP contribution in [-0.4, -0.2) is 30.9 Å². The fourth-order valence-electron chi connectivity index (χ4n) is 1.49. The molecule has 1 aromatic carbocycles. The Kier molecular flexibility index (Phi) is 4.39. The maximum absolute atomic E-state index is 13.4. The van der Waals surface area contributed by atoms with E-state index in [0.29, 0.717) is 12.1 Å². The van der Waals surface area contributed by atoms with Crippen LogP contribution in [0.15, 0.2) is 18.2 Å². The number of alkyl halides is 3. The molecule has 1 unspecified atom stereocenters. The van der Waals surface area contributed by atoms with E-state index in [-0.39, 0.29) is 11.6 Å². The number of amides is 1. The molecule has 0 fully saturated rings. The number of carbonyl (C=O) groups excluding carboxylic acids is 1. The number of nitrogens with one attached hydrogen (secondary N) is 1. The van der Waals surface area contributed by atoms with Crippen LogP contribution < -0.4 is 5.32 Å². The Morgan fingerprint density at radius 3 is 2.37 bits per heavy atom. The maximum Gasteiger partial charge on any atom is 0.416 e. The molecule has 19 heavy (non-hydrogen) atoms. The minimum Gasteiger partial charge on any atom is -0.372 e. The lowest BCUT2D eigenvalue weighted by molar-refractivity contribution is -0.137. The zero-order valence-corrected chi connectivity index (χ0v) is 10.7. The second kappa shape index (κ2) is 5.46. The maximum atomic E-state index is 13.4. The summed E-state index contributed by atoms with van der Waals surface area (Å²) in [6.45, 7) is 1.45. The molecule has 0 aromatic heterocycles. The van der Waals surface area contributed by atoms with Crippen LogP contribution in [0.25, 0.3) is 0 Å². The number of hydrogen-bond donors (Lipinski definition) is 1. The highest BCUT2D eigenvalue weighted by atomic mass is 19.4. The summed E-state index contributed by atoms with van der Waals surface area (Å²) in [6, 6.07) is 1.19. The number of benzene rings is 1. The number of nitrogens with zero attached hydrogens (tertiary/aromatic N) is 1. The number of carbonyl (C=O) groups is 1. The van der Waals surface area contributed by atoms with Gasteiger partial charge in [-0.25, -0.2) is 4.39 Å². The highest BCUT2D eigenvalue weighted by Gasteiger charge is 2.31. The van der Waals surface area contributed by atoms with Gasteiger partial charge < -0.3 is 10.2 Å². The second-order valence-electron chi connectivity index (χ2n) is 4.29. The summed E-state index contributed by atoms with van der Waals surface area (Å²) >= 11 is 0. The van der Waals surface area contributed by atoms with Crippen LogP contribution in [0.1, 0.15) is 12.5 Å². The van der Waals surface area contributed by atoms with Crippen molar-refractivity contribution < 1.29 is 22.4 Å². The van der Waals surface area contributed by atoms with Gasteiger partial charge in [-0.2, -0.15) is 13.2 Å². The first-order chi connectivity index (χ1) is 8.62. The standard InChI is InChI=1S/C12H14F4N2O/c1-7(11(19)18(2)3)17-10-6-8(12(14,15)16)4-5-9(10)13/h4-7,17H,1-3H3. The lowest BCUT2D eigenvalue weighted by Gasteiger charge is -2.20. The molecule has 3 nitrogen and oxygen atoms in total. The minimum absolute atomic E-state index is 0.350. The molecular formula is C12H14F4N2O. The van der Waals surface area contributed by atoms with Crippen LogP contribution in [0.5, 0.6) is 0 Å². The van der Waals surface area contributed by atoms with Crippen LogP contribution in [0.4, 0.5) is 23.2 Å². The lowest BCUT2D eigenvalue weighted by Crippen LogP contribution is -2.36. The van der Waals surface area contributed by atoms with Gasteiger partial charge in [0.05, 0.1) is 11.3 Å². The largest absolute Gasteiger partial charge is 0.416 e. The molecule has 0 bridgehead atoms. The van der Waals surface area contributed by atoms with Crippen molar-refractivity contribution in [3.63, 3.8) is 0 Å². The summed E-state index contributed by atoms with van der Waals surface area (Å²) in [5.41, 5.74) is -1.32. The van der Waals surface area contributed by atoms with Gasteiger partial charge >= 0.3 is 6.18 Å². The highest BCUT2D eigenvalue weighted by molar-refractivity contribution is 5.83. The lowest BCUT2D eigenvalue weighted by atomic mass is 10.1. The molecule has 1 amide bonds. The third-order valence-electron chi connectivity index (χ3n) is 2.48. The predicted molar refractivity (Wildman–Crippen MR) is 63.2 cm³/mol. The van der Waals surface area contributed by atoms with Gasteiger partial charge in [-0.3, -0.25) is 4.79 Å². The van der Waals surface area contributed by atoms with E-state index < -0.39 is 23.6 Å². The average Bonchev–Trinajstić information content (AvgIpc) is 2.29. The second-order valence-corrected chi connectivity index (χ2v) is 4.29. The fraction of sp³-hybridized carbons (Fsp3) is 0.417. The summed E-state index contributed by atoms with van der Waals surface area (Å²) in [5, 5.41) is 2.44. The zero-order valence-electron chi connectivity index (χ0n) is 10.7. The van der Waals surface area contributed by atoms with Crippen molar-refractivity contribution in [1.29, 1.82) is 0 Å². The first kappa shape index (κ1) is 15.3. The molecule has 1 atom stereocenters. The topological polar surface area (TPSA) is 32.3 Å². The third-order valence-corrected chi connectivity index (χ3v) is 2.48. The van der Waals surface area contributed by atoms with E-state index in [1.54, 1.807) is 0 Å². The van der Waals surface area contributed by atoms with Gasteiger partial charge in [0, 0.05) is 14.1 Å². The van der Waals surface area contributed by atoms with E-state index in [4.69, 9.17) is 0 Å². The molecule has 1 rings (SSSR count). The summed E-state index contributed by atoms with van der Waals surface area (Å²) in [7, 11) is 3.01. The molecule has 0 aliphatic heterocycles. The van der Waals surface area contributed by atoms with Crippen LogP contribution in [0, 0.1) is 5.82 Å². The number of rotatable bonds is 3. The van der Waals surface area contributed by atoms with Crippen LogP contribution in [-0.2, 0) is 11.0 Å². The fourth-order valence-corrected chi connectivity index (χ4v) is 1.49. The Morgan fingerprint density at radius 1 is 1.32 bits per heavy atom. The summed E-state index contributed by atoms with van der Waals surface area (Å²) in [4.78, 5) is 12.8. The van der Waals surface area contributed by atoms with Crippen LogP contribution in [0.2, 0.25) is 0 Å². The van der Waals surface area contributed by atoms with E-state index in [0.717, 1.165) is 6.07 Å². The van der Waals surface area contributed by atoms with Crippen molar-refractivity contribution in [2.45, 2.75) is 19.1 Å². The molecule has 1 aromatic rings. The van der Waals surface area contributed by atoms with Gasteiger partial charge in [0.25, 0.3) is 0 Å². The monoisotopic (exact) mass is 278 g/mol. The number of halogens is 4. The molecule has 0 saturated heterocycles. The van der Waals surface area contributed by atoms with Crippen molar-refractivity contribution in [3.05, 3.63) is 29.6 Å². The highest BCUT2D eigenvalue weighted by Crippen LogP contribution is 2.31. The average molecular weight is 278 g/mol. The molecule has 0 aliphatic carbocycles. The Labute approximate surface area is 108 Å². The quantitative estimate of drug-likeness (QED) is 0.862. The molecule has 0 spiro atoms. The van der Waals surface area contributed by atoms with E-state index >= 15 is 0 Å². The summed E-state index contributed by atoms with van der Waals surface area (Å²) in [6.07, 6.45) is -4.56. The van der Waals surface area contributed by atoms with Crippen molar-refractivity contribution in [1.82, 2.24) is 4.90 Å². The zero-order chi connectivity index (χ0) is 14.8. The molecule has 7 heteroatoms. The van der Waals surface area contributed by atoms with Crippen LogP contribution >= 0.6 is 0 Å². The molecule has 106 valence electrons. The van der Waals surface area contributed by atoms with Gasteiger partial charge in [0.15, 0.2) is 0 Å².